The van der Waals surface area contributed by atoms with Crippen molar-refractivity contribution in [3.63, 3.8) is 0 Å². The van der Waals surface area contributed by atoms with Crippen LogP contribution in [0.2, 0.25) is 0 Å². The predicted molar refractivity (Wildman–Crippen MR) is 72.6 cm³/mol. The molecule has 0 saturated carbocycles. The number of carbonyl (C=O) groups excluding carboxylic acids is 1. The fourth-order valence-electron chi connectivity index (χ4n) is 2.17. The third-order valence-electron chi connectivity index (χ3n) is 3.33. The van der Waals surface area contributed by atoms with E-state index < -0.39 is 6.10 Å². The summed E-state index contributed by atoms with van der Waals surface area (Å²) in [5.74, 6) is 0.144. The van der Waals surface area contributed by atoms with Gasteiger partial charge in [0, 0.05) is 19.6 Å². The summed E-state index contributed by atoms with van der Waals surface area (Å²) in [7, 11) is 0. The maximum absolute atomic E-state index is 12.0. The number of hydrogen-bond donors (Lipinski definition) is 2. The van der Waals surface area contributed by atoms with Gasteiger partial charge in [-0.2, -0.15) is 11.3 Å². The van der Waals surface area contributed by atoms with Crippen LogP contribution in [0.15, 0.2) is 16.8 Å². The van der Waals surface area contributed by atoms with E-state index in [-0.39, 0.29) is 11.9 Å². The van der Waals surface area contributed by atoms with Crippen LogP contribution in [0.5, 0.6) is 0 Å². The summed E-state index contributed by atoms with van der Waals surface area (Å²) in [4.78, 5) is 13.9. The first-order chi connectivity index (χ1) is 8.68. The molecular weight excluding hydrogens is 248 g/mol. The lowest BCUT2D eigenvalue weighted by Crippen LogP contribution is -2.44. The van der Waals surface area contributed by atoms with Crippen molar-refractivity contribution in [2.24, 2.45) is 0 Å². The van der Waals surface area contributed by atoms with Crippen LogP contribution in [0, 0.1) is 0 Å². The molecule has 2 rings (SSSR count). The molecule has 2 heterocycles. The van der Waals surface area contributed by atoms with Gasteiger partial charge in [0.05, 0.1) is 12.1 Å². The van der Waals surface area contributed by atoms with Gasteiger partial charge >= 0.3 is 0 Å². The van der Waals surface area contributed by atoms with Crippen molar-refractivity contribution in [3.05, 3.63) is 22.4 Å². The molecule has 18 heavy (non-hydrogen) atoms. The molecule has 1 aliphatic heterocycles. The van der Waals surface area contributed by atoms with E-state index >= 15 is 0 Å². The topological polar surface area (TPSA) is 52.6 Å². The number of aliphatic hydroxyl groups excluding tert-OH is 1. The monoisotopic (exact) mass is 268 g/mol. The zero-order chi connectivity index (χ0) is 13.0. The Balaban J connectivity index is 1.77. The molecule has 2 unspecified atom stereocenters. The number of amides is 1. The highest BCUT2D eigenvalue weighted by molar-refractivity contribution is 7.07. The molecule has 2 N–H and O–H groups in total. The molecule has 4 nitrogen and oxygen atoms in total. The highest BCUT2D eigenvalue weighted by atomic mass is 32.1. The molecule has 0 aromatic carbocycles. The molecule has 1 fully saturated rings. The number of thiophene rings is 1. The van der Waals surface area contributed by atoms with Gasteiger partial charge in [0.1, 0.15) is 0 Å². The zero-order valence-electron chi connectivity index (χ0n) is 10.6. The molecule has 0 aliphatic carbocycles. The first kappa shape index (κ1) is 13.5. The van der Waals surface area contributed by atoms with Crippen LogP contribution in [0.25, 0.3) is 0 Å². The van der Waals surface area contributed by atoms with Gasteiger partial charge in [-0.05, 0) is 42.2 Å². The van der Waals surface area contributed by atoms with E-state index in [1.54, 1.807) is 11.3 Å². The molecule has 1 aliphatic rings. The van der Waals surface area contributed by atoms with Crippen LogP contribution in [0.4, 0.5) is 0 Å². The minimum Gasteiger partial charge on any atom is -0.387 e. The molecule has 1 saturated heterocycles. The maximum Gasteiger partial charge on any atom is 0.239 e. The second-order valence-corrected chi connectivity index (χ2v) is 5.51. The molecule has 1 aromatic rings. The summed E-state index contributed by atoms with van der Waals surface area (Å²) in [6.45, 7) is 4.02. The fourth-order valence-corrected chi connectivity index (χ4v) is 2.88. The van der Waals surface area contributed by atoms with Crippen molar-refractivity contribution in [1.82, 2.24) is 10.2 Å². The van der Waals surface area contributed by atoms with E-state index in [1.165, 1.54) is 0 Å². The van der Waals surface area contributed by atoms with Crippen LogP contribution in [0.3, 0.4) is 0 Å². The Bertz CT molecular complexity index is 374. The molecule has 0 bridgehead atoms. The Kier molecular flexibility index (Phi) is 4.74. The summed E-state index contributed by atoms with van der Waals surface area (Å²) in [5, 5.41) is 16.9. The summed E-state index contributed by atoms with van der Waals surface area (Å²) in [6.07, 6.45) is 1.68. The molecule has 5 heteroatoms. The van der Waals surface area contributed by atoms with Gasteiger partial charge in [-0.25, -0.2) is 0 Å². The van der Waals surface area contributed by atoms with Gasteiger partial charge < -0.3 is 15.3 Å². The number of carbonyl (C=O) groups is 1. The highest BCUT2D eigenvalue weighted by Crippen LogP contribution is 2.15. The van der Waals surface area contributed by atoms with Crippen LogP contribution < -0.4 is 5.32 Å². The van der Waals surface area contributed by atoms with E-state index in [1.807, 2.05) is 28.7 Å². The summed E-state index contributed by atoms with van der Waals surface area (Å²) >= 11 is 1.57. The van der Waals surface area contributed by atoms with Crippen molar-refractivity contribution in [3.8, 4) is 0 Å². The number of hydrogen-bond acceptors (Lipinski definition) is 4. The quantitative estimate of drug-likeness (QED) is 0.848. The fraction of sp³-hybridized carbons (Fsp3) is 0.615. The number of rotatable bonds is 5. The third kappa shape index (κ3) is 3.31. The summed E-state index contributed by atoms with van der Waals surface area (Å²) in [6, 6.07) is 1.68. The van der Waals surface area contributed by atoms with Crippen LogP contribution in [-0.4, -0.2) is 41.6 Å². The Morgan fingerprint density at radius 1 is 1.56 bits per heavy atom. The molecule has 100 valence electrons. The second kappa shape index (κ2) is 6.31. The predicted octanol–water partition coefficient (Wildman–Crippen LogP) is 1.38. The number of likely N-dealkylation sites (tertiary alicyclic amines) is 1. The minimum absolute atomic E-state index is 0.144. The Labute approximate surface area is 112 Å². The molecule has 1 amide bonds. The average Bonchev–Trinajstić information content (AvgIpc) is 3.05. The lowest BCUT2D eigenvalue weighted by atomic mass is 10.2. The lowest BCUT2D eigenvalue weighted by Gasteiger charge is -2.22. The van der Waals surface area contributed by atoms with Crippen molar-refractivity contribution in [2.45, 2.75) is 31.9 Å². The Morgan fingerprint density at radius 2 is 2.28 bits per heavy atom. The lowest BCUT2D eigenvalue weighted by molar-refractivity contribution is -0.132. The molecule has 0 spiro atoms. The Hall–Kier alpha value is -0.910. The zero-order valence-corrected chi connectivity index (χ0v) is 11.4. The molecule has 2 atom stereocenters. The summed E-state index contributed by atoms with van der Waals surface area (Å²) in [5.41, 5.74) is 0.910. The first-order valence-corrected chi connectivity index (χ1v) is 7.35. The van der Waals surface area contributed by atoms with E-state index in [0.29, 0.717) is 6.54 Å². The minimum atomic E-state index is -0.537. The highest BCUT2D eigenvalue weighted by Gasteiger charge is 2.23. The van der Waals surface area contributed by atoms with Crippen LogP contribution in [-0.2, 0) is 4.79 Å². The number of nitrogens with one attached hydrogen (secondary N) is 1. The SMILES string of the molecule is CC(NCC(O)c1ccsc1)C(=O)N1CCCC1. The number of nitrogens with zero attached hydrogens (tertiary/aromatic N) is 1. The smallest absolute Gasteiger partial charge is 0.239 e. The van der Waals surface area contributed by atoms with Crippen LogP contribution >= 0.6 is 11.3 Å². The van der Waals surface area contributed by atoms with Gasteiger partial charge in [-0.3, -0.25) is 4.79 Å². The summed E-state index contributed by atoms with van der Waals surface area (Å²) < 4.78 is 0. The molecule has 0 radical (unpaired) electrons. The maximum atomic E-state index is 12.0. The largest absolute Gasteiger partial charge is 0.387 e. The van der Waals surface area contributed by atoms with Crippen LogP contribution in [0.1, 0.15) is 31.4 Å². The van der Waals surface area contributed by atoms with E-state index in [9.17, 15) is 9.90 Å². The second-order valence-electron chi connectivity index (χ2n) is 4.73. The van der Waals surface area contributed by atoms with Gasteiger partial charge in [0.2, 0.25) is 5.91 Å². The van der Waals surface area contributed by atoms with Gasteiger partial charge in [0.15, 0.2) is 0 Å². The van der Waals surface area contributed by atoms with Crippen molar-refractivity contribution < 1.29 is 9.90 Å². The van der Waals surface area contributed by atoms with Gasteiger partial charge in [0.25, 0.3) is 0 Å². The standard InChI is InChI=1S/C13H20N2O2S/c1-10(13(17)15-5-2-3-6-15)14-8-12(16)11-4-7-18-9-11/h4,7,9-10,12,14,16H,2-3,5-6,8H2,1H3. The van der Waals surface area contributed by atoms with E-state index in [0.717, 1.165) is 31.5 Å². The molecular formula is C13H20N2O2S. The average molecular weight is 268 g/mol. The van der Waals surface area contributed by atoms with E-state index in [4.69, 9.17) is 0 Å². The number of aliphatic hydroxyl groups is 1. The molecule has 1 aromatic heterocycles. The van der Waals surface area contributed by atoms with Crippen molar-refractivity contribution in [2.75, 3.05) is 19.6 Å². The normalized spacial score (nSPS) is 18.9. The third-order valence-corrected chi connectivity index (χ3v) is 4.03. The van der Waals surface area contributed by atoms with E-state index in [2.05, 4.69) is 5.32 Å². The van der Waals surface area contributed by atoms with Gasteiger partial charge in [-0.1, -0.05) is 0 Å². The van der Waals surface area contributed by atoms with Crippen molar-refractivity contribution in [1.29, 1.82) is 0 Å². The first-order valence-electron chi connectivity index (χ1n) is 6.41. The Morgan fingerprint density at radius 3 is 2.89 bits per heavy atom. The van der Waals surface area contributed by atoms with Gasteiger partial charge in [-0.15, -0.1) is 0 Å². The van der Waals surface area contributed by atoms with Crippen molar-refractivity contribution >= 4 is 17.2 Å².